The highest BCUT2D eigenvalue weighted by atomic mass is 79.9. The summed E-state index contributed by atoms with van der Waals surface area (Å²) in [5.41, 5.74) is 0.932. The number of ether oxygens (including phenoxy) is 1. The van der Waals surface area contributed by atoms with Crippen LogP contribution in [-0.4, -0.2) is 30.3 Å². The Morgan fingerprint density at radius 1 is 1.53 bits per heavy atom. The van der Waals surface area contributed by atoms with Gasteiger partial charge in [0.25, 0.3) is 0 Å². The Morgan fingerprint density at radius 2 is 2.35 bits per heavy atom. The number of nitrogens with one attached hydrogen (secondary N) is 1. The van der Waals surface area contributed by atoms with E-state index in [1.54, 1.807) is 12.1 Å². The summed E-state index contributed by atoms with van der Waals surface area (Å²) in [6.07, 6.45) is 2.02. The second kappa shape index (κ2) is 5.51. The molecule has 0 radical (unpaired) electrons. The molecule has 0 spiro atoms. The maximum absolute atomic E-state index is 11.1. The van der Waals surface area contributed by atoms with Crippen LogP contribution in [-0.2, 0) is 4.74 Å². The molecule has 1 aliphatic rings. The summed E-state index contributed by atoms with van der Waals surface area (Å²) < 4.78 is 6.12. The number of hydrogen-bond donors (Lipinski definition) is 2. The molecule has 1 unspecified atom stereocenters. The normalized spacial score (nSPS) is 19.9. The van der Waals surface area contributed by atoms with Gasteiger partial charge >= 0.3 is 5.97 Å². The van der Waals surface area contributed by atoms with Crippen LogP contribution in [0.2, 0.25) is 0 Å². The number of halogens is 1. The van der Waals surface area contributed by atoms with E-state index in [1.807, 2.05) is 6.07 Å². The highest BCUT2D eigenvalue weighted by Gasteiger charge is 2.17. The molecule has 0 saturated carbocycles. The molecule has 1 fully saturated rings. The van der Waals surface area contributed by atoms with Gasteiger partial charge in [-0.3, -0.25) is 0 Å². The lowest BCUT2D eigenvalue weighted by molar-refractivity contribution is 0.0696. The summed E-state index contributed by atoms with van der Waals surface area (Å²) >= 11 is 3.27. The first-order valence-electron chi connectivity index (χ1n) is 5.54. The van der Waals surface area contributed by atoms with Crippen LogP contribution in [0.4, 0.5) is 5.69 Å². The second-order valence-electron chi connectivity index (χ2n) is 4.05. The van der Waals surface area contributed by atoms with Crippen LogP contribution in [0.25, 0.3) is 0 Å². The molecular formula is C12H14BrNO3. The fourth-order valence-electron chi connectivity index (χ4n) is 1.89. The zero-order valence-electron chi connectivity index (χ0n) is 9.28. The molecule has 0 aliphatic carbocycles. The van der Waals surface area contributed by atoms with Gasteiger partial charge in [-0.15, -0.1) is 0 Å². The lowest BCUT2D eigenvalue weighted by atomic mass is 10.1. The van der Waals surface area contributed by atoms with Gasteiger partial charge in [-0.05, 0) is 31.0 Å². The van der Waals surface area contributed by atoms with Crippen molar-refractivity contribution in [1.82, 2.24) is 0 Å². The Morgan fingerprint density at radius 3 is 3.00 bits per heavy atom. The molecule has 0 amide bonds. The van der Waals surface area contributed by atoms with E-state index in [2.05, 4.69) is 21.2 Å². The van der Waals surface area contributed by atoms with Crippen LogP contribution in [0.15, 0.2) is 22.7 Å². The highest BCUT2D eigenvalue weighted by molar-refractivity contribution is 9.10. The van der Waals surface area contributed by atoms with E-state index >= 15 is 0 Å². The molecule has 2 N–H and O–H groups in total. The third-order valence-corrected chi connectivity index (χ3v) is 3.23. The molecule has 1 aromatic rings. The van der Waals surface area contributed by atoms with E-state index in [9.17, 15) is 4.79 Å². The molecular weight excluding hydrogens is 286 g/mol. The largest absolute Gasteiger partial charge is 0.478 e. The smallest absolute Gasteiger partial charge is 0.337 e. The van der Waals surface area contributed by atoms with Gasteiger partial charge in [0, 0.05) is 22.8 Å². The van der Waals surface area contributed by atoms with Crippen molar-refractivity contribution >= 4 is 27.6 Å². The number of carbonyl (C=O) groups is 1. The van der Waals surface area contributed by atoms with E-state index in [0.29, 0.717) is 12.3 Å². The Kier molecular flexibility index (Phi) is 4.02. The lowest BCUT2D eigenvalue weighted by Gasteiger charge is -2.24. The number of rotatable bonds is 3. The van der Waals surface area contributed by atoms with Crippen LogP contribution >= 0.6 is 15.9 Å². The summed E-state index contributed by atoms with van der Waals surface area (Å²) in [5.74, 6) is -0.925. The van der Waals surface area contributed by atoms with E-state index in [4.69, 9.17) is 9.84 Å². The third-order valence-electron chi connectivity index (χ3n) is 2.73. The van der Waals surface area contributed by atoms with E-state index < -0.39 is 5.97 Å². The van der Waals surface area contributed by atoms with Crippen LogP contribution in [0.1, 0.15) is 23.2 Å². The van der Waals surface area contributed by atoms with E-state index in [1.165, 1.54) is 0 Å². The third kappa shape index (κ3) is 3.20. The SMILES string of the molecule is O=C(O)c1cc(Br)ccc1NC1CCCOC1. The van der Waals surface area contributed by atoms with Crippen LogP contribution < -0.4 is 5.32 Å². The van der Waals surface area contributed by atoms with E-state index in [-0.39, 0.29) is 11.6 Å². The molecule has 1 aliphatic heterocycles. The molecule has 17 heavy (non-hydrogen) atoms. The van der Waals surface area contributed by atoms with Gasteiger partial charge < -0.3 is 15.2 Å². The second-order valence-corrected chi connectivity index (χ2v) is 4.97. The molecule has 1 atom stereocenters. The Hall–Kier alpha value is -1.07. The van der Waals surface area contributed by atoms with Crippen molar-refractivity contribution in [1.29, 1.82) is 0 Å². The molecule has 0 aromatic heterocycles. The van der Waals surface area contributed by atoms with Crippen molar-refractivity contribution in [3.8, 4) is 0 Å². The first-order valence-corrected chi connectivity index (χ1v) is 6.33. The molecule has 4 nitrogen and oxygen atoms in total. The van der Waals surface area contributed by atoms with Gasteiger partial charge in [0.15, 0.2) is 0 Å². The van der Waals surface area contributed by atoms with Crippen LogP contribution in [0.5, 0.6) is 0 Å². The predicted molar refractivity (Wildman–Crippen MR) is 68.6 cm³/mol. The molecule has 1 saturated heterocycles. The summed E-state index contributed by atoms with van der Waals surface area (Å²) in [6.45, 7) is 1.43. The molecule has 5 heteroatoms. The summed E-state index contributed by atoms with van der Waals surface area (Å²) in [6, 6.07) is 5.41. The average Bonchev–Trinajstić information content (AvgIpc) is 2.32. The lowest BCUT2D eigenvalue weighted by Crippen LogP contribution is -2.30. The minimum Gasteiger partial charge on any atom is -0.478 e. The van der Waals surface area contributed by atoms with Gasteiger partial charge in [-0.1, -0.05) is 15.9 Å². The van der Waals surface area contributed by atoms with Gasteiger partial charge in [0.2, 0.25) is 0 Å². The topological polar surface area (TPSA) is 58.6 Å². The van der Waals surface area contributed by atoms with Crippen molar-refractivity contribution in [3.63, 3.8) is 0 Å². The summed E-state index contributed by atoms with van der Waals surface area (Å²) in [5, 5.41) is 12.4. The number of anilines is 1. The summed E-state index contributed by atoms with van der Waals surface area (Å²) in [4.78, 5) is 11.1. The molecule has 92 valence electrons. The highest BCUT2D eigenvalue weighted by Crippen LogP contribution is 2.23. The standard InChI is InChI=1S/C12H14BrNO3/c13-8-3-4-11(10(6-8)12(15)16)14-9-2-1-5-17-7-9/h3-4,6,9,14H,1-2,5,7H2,(H,15,16). The van der Waals surface area contributed by atoms with Crippen molar-refractivity contribution in [2.45, 2.75) is 18.9 Å². The number of carboxylic acid groups (broad SMARTS) is 1. The van der Waals surface area contributed by atoms with Crippen LogP contribution in [0.3, 0.4) is 0 Å². The fraction of sp³-hybridized carbons (Fsp3) is 0.417. The number of carboxylic acids is 1. The zero-order chi connectivity index (χ0) is 12.3. The maximum Gasteiger partial charge on any atom is 0.337 e. The predicted octanol–water partition coefficient (Wildman–Crippen LogP) is 2.74. The first-order chi connectivity index (χ1) is 8.16. The van der Waals surface area contributed by atoms with Crippen molar-refractivity contribution in [2.75, 3.05) is 18.5 Å². The van der Waals surface area contributed by atoms with Crippen molar-refractivity contribution in [2.24, 2.45) is 0 Å². The number of aromatic carboxylic acids is 1. The Bertz CT molecular complexity index is 416. The van der Waals surface area contributed by atoms with Gasteiger partial charge in [-0.25, -0.2) is 4.79 Å². The quantitative estimate of drug-likeness (QED) is 0.901. The molecule has 1 aromatic carbocycles. The fourth-order valence-corrected chi connectivity index (χ4v) is 2.25. The average molecular weight is 300 g/mol. The monoisotopic (exact) mass is 299 g/mol. The van der Waals surface area contributed by atoms with Crippen molar-refractivity contribution in [3.05, 3.63) is 28.2 Å². The minimum atomic E-state index is -0.925. The van der Waals surface area contributed by atoms with Gasteiger partial charge in [0.05, 0.1) is 12.2 Å². The van der Waals surface area contributed by atoms with Crippen molar-refractivity contribution < 1.29 is 14.6 Å². The number of hydrogen-bond acceptors (Lipinski definition) is 3. The molecule has 2 rings (SSSR count). The summed E-state index contributed by atoms with van der Waals surface area (Å²) in [7, 11) is 0. The first kappa shape index (κ1) is 12.4. The van der Waals surface area contributed by atoms with Gasteiger partial charge in [-0.2, -0.15) is 0 Å². The van der Waals surface area contributed by atoms with E-state index in [0.717, 1.165) is 23.9 Å². The van der Waals surface area contributed by atoms with Crippen LogP contribution in [0, 0.1) is 0 Å². The zero-order valence-corrected chi connectivity index (χ0v) is 10.9. The maximum atomic E-state index is 11.1. The Balaban J connectivity index is 2.16. The minimum absolute atomic E-state index is 0.197. The Labute approximate surface area is 108 Å². The molecule has 1 heterocycles. The number of benzene rings is 1. The van der Waals surface area contributed by atoms with Gasteiger partial charge in [0.1, 0.15) is 0 Å². The molecule has 0 bridgehead atoms.